The predicted octanol–water partition coefficient (Wildman–Crippen LogP) is -1.58. The second-order valence-corrected chi connectivity index (χ2v) is 8.66. The first-order chi connectivity index (χ1) is 17.1. The molecule has 0 bridgehead atoms. The lowest BCUT2D eigenvalue weighted by atomic mass is 10.0. The van der Waals surface area contributed by atoms with Gasteiger partial charge in [0.1, 0.15) is 18.1 Å². The van der Waals surface area contributed by atoms with Crippen LogP contribution in [-0.4, -0.2) is 71.2 Å². The molecule has 36 heavy (non-hydrogen) atoms. The second kappa shape index (κ2) is 16.5. The Morgan fingerprint density at radius 3 is 2.00 bits per heavy atom. The average molecular weight is 525 g/mol. The average Bonchev–Trinajstić information content (AvgIpc) is 2.84. The molecule has 0 aliphatic carbocycles. The van der Waals surface area contributed by atoms with E-state index in [1.807, 2.05) is 0 Å². The second-order valence-electron chi connectivity index (χ2n) is 8.29. The van der Waals surface area contributed by atoms with Gasteiger partial charge in [0, 0.05) is 18.6 Å². The van der Waals surface area contributed by atoms with Crippen LogP contribution in [0.2, 0.25) is 0 Å². The largest absolute Gasteiger partial charge is 0.480 e. The minimum absolute atomic E-state index is 0.0116. The zero-order chi connectivity index (χ0) is 27.1. The number of rotatable bonds is 17. The maximum atomic E-state index is 13.2. The molecule has 0 saturated heterocycles. The molecule has 12 nitrogen and oxygen atoms in total. The summed E-state index contributed by atoms with van der Waals surface area (Å²) in [7, 11) is 0. The highest BCUT2D eigenvalue weighted by Gasteiger charge is 2.30. The van der Waals surface area contributed by atoms with Crippen molar-refractivity contribution in [1.82, 2.24) is 16.0 Å². The van der Waals surface area contributed by atoms with Crippen molar-refractivity contribution in [2.24, 2.45) is 17.2 Å². The molecule has 0 spiro atoms. The fraction of sp³-hybridized carbons (Fsp3) is 0.522. The molecular weight excluding hydrogens is 488 g/mol. The van der Waals surface area contributed by atoms with E-state index in [0.717, 1.165) is 5.56 Å². The van der Waals surface area contributed by atoms with Gasteiger partial charge in [-0.1, -0.05) is 30.3 Å². The molecule has 10 N–H and O–H groups in total. The third-order valence-electron chi connectivity index (χ3n) is 5.33. The van der Waals surface area contributed by atoms with E-state index in [-0.39, 0.29) is 31.4 Å². The molecule has 13 heteroatoms. The van der Waals surface area contributed by atoms with Crippen LogP contribution in [0.1, 0.15) is 37.7 Å². The number of hydrogen-bond acceptors (Lipinski definition) is 8. The summed E-state index contributed by atoms with van der Waals surface area (Å²) in [5.41, 5.74) is 17.2. The lowest BCUT2D eigenvalue weighted by Crippen LogP contribution is -2.57. The maximum Gasteiger partial charge on any atom is 0.327 e. The Labute approximate surface area is 215 Å². The molecule has 0 radical (unpaired) electrons. The number of nitrogens with one attached hydrogen (secondary N) is 3. The number of hydrogen-bond donors (Lipinski definition) is 8. The maximum absolute atomic E-state index is 13.2. The number of carboxylic acids is 1. The quantitative estimate of drug-likeness (QED) is 0.0875. The number of carbonyl (C=O) groups is 5. The zero-order valence-electron chi connectivity index (χ0n) is 20.0. The predicted molar refractivity (Wildman–Crippen MR) is 137 cm³/mol. The topological polar surface area (TPSA) is 220 Å². The summed E-state index contributed by atoms with van der Waals surface area (Å²) in [5.74, 6) is -4.01. The molecule has 0 aliphatic rings. The third-order valence-corrected chi connectivity index (χ3v) is 5.70. The smallest absolute Gasteiger partial charge is 0.327 e. The number of primary amides is 1. The molecule has 4 atom stereocenters. The molecule has 200 valence electrons. The van der Waals surface area contributed by atoms with Crippen LogP contribution in [0.15, 0.2) is 30.3 Å². The highest BCUT2D eigenvalue weighted by atomic mass is 32.1. The Morgan fingerprint density at radius 2 is 1.44 bits per heavy atom. The van der Waals surface area contributed by atoms with Crippen molar-refractivity contribution in [3.05, 3.63) is 35.9 Å². The van der Waals surface area contributed by atoms with E-state index in [1.54, 1.807) is 30.3 Å². The fourth-order valence-corrected chi connectivity index (χ4v) is 3.51. The van der Waals surface area contributed by atoms with Crippen LogP contribution < -0.4 is 33.2 Å². The molecule has 1 aromatic carbocycles. The van der Waals surface area contributed by atoms with Crippen molar-refractivity contribution in [3.63, 3.8) is 0 Å². The number of carboxylic acid groups (broad SMARTS) is 1. The van der Waals surface area contributed by atoms with Crippen molar-refractivity contribution in [3.8, 4) is 0 Å². The number of nitrogens with two attached hydrogens (primary N) is 3. The molecule has 0 fully saturated rings. The summed E-state index contributed by atoms with van der Waals surface area (Å²) < 4.78 is 0. The Morgan fingerprint density at radius 1 is 0.861 bits per heavy atom. The van der Waals surface area contributed by atoms with E-state index < -0.39 is 53.8 Å². The van der Waals surface area contributed by atoms with Gasteiger partial charge in [-0.2, -0.15) is 12.6 Å². The third kappa shape index (κ3) is 11.5. The molecule has 4 amide bonds. The normalized spacial score (nSPS) is 14.1. The molecule has 0 heterocycles. The number of carbonyl (C=O) groups excluding carboxylic acids is 4. The van der Waals surface area contributed by atoms with Gasteiger partial charge < -0.3 is 38.3 Å². The molecule has 1 aromatic rings. The van der Waals surface area contributed by atoms with E-state index >= 15 is 0 Å². The van der Waals surface area contributed by atoms with Gasteiger partial charge in [-0.15, -0.1) is 0 Å². The number of benzene rings is 1. The van der Waals surface area contributed by atoms with Gasteiger partial charge >= 0.3 is 5.97 Å². The van der Waals surface area contributed by atoms with E-state index in [9.17, 15) is 29.1 Å². The standard InChI is InChI=1S/C23H36N6O6S/c24-11-5-4-8-16(27-20(31)15(25)9-10-19(26)30)21(32)28-17(12-14-6-2-1-3-7-14)22(33)29-18(13-36)23(34)35/h1-3,6-7,15-18,36H,4-5,8-13,24-25H2,(H2,26,30)(H,27,31)(H,28,32)(H,29,33)(H,34,35). The van der Waals surface area contributed by atoms with Gasteiger partial charge in [-0.25, -0.2) is 4.79 Å². The van der Waals surface area contributed by atoms with Crippen LogP contribution in [0.25, 0.3) is 0 Å². The molecule has 1 rings (SSSR count). The highest BCUT2D eigenvalue weighted by molar-refractivity contribution is 7.80. The summed E-state index contributed by atoms with van der Waals surface area (Å²) in [5, 5.41) is 16.8. The molecule has 4 unspecified atom stereocenters. The van der Waals surface area contributed by atoms with Crippen molar-refractivity contribution in [2.45, 2.75) is 62.7 Å². The summed E-state index contributed by atoms with van der Waals surface area (Å²) in [6.07, 6.45) is 1.35. The highest BCUT2D eigenvalue weighted by Crippen LogP contribution is 2.08. The van der Waals surface area contributed by atoms with Crippen molar-refractivity contribution in [1.29, 1.82) is 0 Å². The Balaban J connectivity index is 3.04. The zero-order valence-corrected chi connectivity index (χ0v) is 20.9. The van der Waals surface area contributed by atoms with Crippen LogP contribution in [0.3, 0.4) is 0 Å². The van der Waals surface area contributed by atoms with E-state index in [0.29, 0.717) is 19.4 Å². The molecule has 0 saturated carbocycles. The van der Waals surface area contributed by atoms with Crippen LogP contribution in [0, 0.1) is 0 Å². The fourth-order valence-electron chi connectivity index (χ4n) is 3.26. The first-order valence-electron chi connectivity index (χ1n) is 11.6. The number of unbranched alkanes of at least 4 members (excludes halogenated alkanes) is 1. The van der Waals surface area contributed by atoms with Crippen LogP contribution in [0.4, 0.5) is 0 Å². The van der Waals surface area contributed by atoms with E-state index in [1.165, 1.54) is 0 Å². The van der Waals surface area contributed by atoms with Gasteiger partial charge in [0.05, 0.1) is 6.04 Å². The van der Waals surface area contributed by atoms with Crippen molar-refractivity contribution < 1.29 is 29.1 Å². The van der Waals surface area contributed by atoms with Crippen LogP contribution in [-0.2, 0) is 30.4 Å². The number of aliphatic carboxylic acids is 1. The molecule has 0 aromatic heterocycles. The van der Waals surface area contributed by atoms with Gasteiger partial charge in [-0.3, -0.25) is 19.2 Å². The summed E-state index contributed by atoms with van der Waals surface area (Å²) in [4.78, 5) is 61.0. The Kier molecular flexibility index (Phi) is 14.1. The van der Waals surface area contributed by atoms with Crippen molar-refractivity contribution in [2.75, 3.05) is 12.3 Å². The Bertz CT molecular complexity index is 887. The minimum atomic E-state index is -1.26. The number of thiol groups is 1. The van der Waals surface area contributed by atoms with Gasteiger partial charge in [-0.05, 0) is 37.8 Å². The number of amides is 4. The summed E-state index contributed by atoms with van der Waals surface area (Å²) >= 11 is 3.95. The minimum Gasteiger partial charge on any atom is -0.480 e. The van der Waals surface area contributed by atoms with E-state index in [4.69, 9.17) is 17.2 Å². The molecular formula is C23H36N6O6S. The first kappa shape index (κ1) is 30.9. The van der Waals surface area contributed by atoms with Gasteiger partial charge in [0.2, 0.25) is 23.6 Å². The lowest BCUT2D eigenvalue weighted by Gasteiger charge is -2.25. The van der Waals surface area contributed by atoms with Crippen molar-refractivity contribution >= 4 is 42.2 Å². The summed E-state index contributed by atoms with van der Waals surface area (Å²) in [6, 6.07) is 4.39. The van der Waals surface area contributed by atoms with Crippen LogP contribution in [0.5, 0.6) is 0 Å². The van der Waals surface area contributed by atoms with Gasteiger partial charge in [0.25, 0.3) is 0 Å². The SMILES string of the molecule is NCCCCC(NC(=O)C(N)CCC(N)=O)C(=O)NC(Cc1ccccc1)C(=O)NC(CS)C(=O)O. The van der Waals surface area contributed by atoms with Gasteiger partial charge in [0.15, 0.2) is 0 Å². The monoisotopic (exact) mass is 524 g/mol. The van der Waals surface area contributed by atoms with Crippen LogP contribution >= 0.6 is 12.6 Å². The lowest BCUT2D eigenvalue weighted by molar-refractivity contribution is -0.141. The molecule has 0 aliphatic heterocycles. The Hall–Kier alpha value is -3.16. The first-order valence-corrected chi connectivity index (χ1v) is 12.2. The van der Waals surface area contributed by atoms with E-state index in [2.05, 4.69) is 28.6 Å². The summed E-state index contributed by atoms with van der Waals surface area (Å²) in [6.45, 7) is 0.389.